The molecule has 1 aliphatic carbocycles. The van der Waals surface area contributed by atoms with Crippen LogP contribution in [0, 0.1) is 0 Å². The first-order chi connectivity index (χ1) is 8.86. The van der Waals surface area contributed by atoms with Gasteiger partial charge in [0.2, 0.25) is 0 Å². The molecular weight excluding hydrogens is 226 g/mol. The fourth-order valence-corrected chi connectivity index (χ4v) is 2.79. The van der Waals surface area contributed by atoms with Gasteiger partial charge < -0.3 is 9.73 Å². The number of rotatable bonds is 5. The van der Waals surface area contributed by atoms with Crippen molar-refractivity contribution in [2.75, 3.05) is 33.2 Å². The molecule has 0 unspecified atom stereocenters. The van der Waals surface area contributed by atoms with Crippen molar-refractivity contribution in [1.29, 1.82) is 0 Å². The van der Waals surface area contributed by atoms with Gasteiger partial charge in [0, 0.05) is 44.3 Å². The Labute approximate surface area is 109 Å². The summed E-state index contributed by atoms with van der Waals surface area (Å²) in [5, 5.41) is 3.16. The van der Waals surface area contributed by atoms with Crippen molar-refractivity contribution < 1.29 is 4.42 Å². The standard InChI is InChI=1S/C14H23N3O/c1-15-10-14-12(4-9-18-14)11-16-5-7-17(8-6-16)13-2-3-13/h4,9,13,15H,2-3,5-8,10-11H2,1H3. The van der Waals surface area contributed by atoms with Gasteiger partial charge in [0.15, 0.2) is 0 Å². The fourth-order valence-electron chi connectivity index (χ4n) is 2.79. The Hall–Kier alpha value is -0.840. The topological polar surface area (TPSA) is 31.7 Å². The van der Waals surface area contributed by atoms with Crippen LogP contribution in [0.4, 0.5) is 0 Å². The van der Waals surface area contributed by atoms with Crippen LogP contribution in [0.2, 0.25) is 0 Å². The molecule has 0 aromatic carbocycles. The zero-order chi connectivity index (χ0) is 12.4. The molecule has 2 heterocycles. The van der Waals surface area contributed by atoms with E-state index in [1.54, 1.807) is 0 Å². The molecule has 100 valence electrons. The van der Waals surface area contributed by atoms with E-state index in [9.17, 15) is 0 Å². The molecular formula is C14H23N3O. The molecule has 1 aromatic heterocycles. The molecule has 3 rings (SSSR count). The predicted molar refractivity (Wildman–Crippen MR) is 71.3 cm³/mol. The van der Waals surface area contributed by atoms with Gasteiger partial charge in [0.05, 0.1) is 12.8 Å². The lowest BCUT2D eigenvalue weighted by molar-refractivity contribution is 0.121. The Morgan fingerprint density at radius 3 is 2.72 bits per heavy atom. The molecule has 4 heteroatoms. The normalized spacial score (nSPS) is 22.5. The molecule has 1 saturated heterocycles. The quantitative estimate of drug-likeness (QED) is 0.852. The second-order valence-corrected chi connectivity index (χ2v) is 5.44. The van der Waals surface area contributed by atoms with Crippen LogP contribution in [0.15, 0.2) is 16.7 Å². The van der Waals surface area contributed by atoms with E-state index in [4.69, 9.17) is 4.42 Å². The summed E-state index contributed by atoms with van der Waals surface area (Å²) >= 11 is 0. The molecule has 0 spiro atoms. The third-order valence-electron chi connectivity index (χ3n) is 4.04. The Bertz CT molecular complexity index is 378. The van der Waals surface area contributed by atoms with E-state index < -0.39 is 0 Å². The maximum absolute atomic E-state index is 5.52. The molecule has 1 saturated carbocycles. The zero-order valence-corrected chi connectivity index (χ0v) is 11.2. The lowest BCUT2D eigenvalue weighted by atomic mass is 10.2. The Kier molecular flexibility index (Phi) is 3.68. The summed E-state index contributed by atoms with van der Waals surface area (Å²) in [7, 11) is 1.96. The number of nitrogens with zero attached hydrogens (tertiary/aromatic N) is 2. The summed E-state index contributed by atoms with van der Waals surface area (Å²) in [6.45, 7) is 6.73. The second kappa shape index (κ2) is 5.43. The molecule has 18 heavy (non-hydrogen) atoms. The highest BCUT2D eigenvalue weighted by Gasteiger charge is 2.31. The van der Waals surface area contributed by atoms with Crippen molar-refractivity contribution in [2.24, 2.45) is 0 Å². The molecule has 0 radical (unpaired) electrons. The highest BCUT2D eigenvalue weighted by Crippen LogP contribution is 2.27. The SMILES string of the molecule is CNCc1occc1CN1CCN(C2CC2)CC1. The van der Waals surface area contributed by atoms with Gasteiger partial charge in [0.1, 0.15) is 5.76 Å². The van der Waals surface area contributed by atoms with Crippen molar-refractivity contribution in [2.45, 2.75) is 32.0 Å². The van der Waals surface area contributed by atoms with E-state index in [0.29, 0.717) is 0 Å². The third-order valence-corrected chi connectivity index (χ3v) is 4.04. The highest BCUT2D eigenvalue weighted by atomic mass is 16.3. The van der Waals surface area contributed by atoms with Gasteiger partial charge in [-0.3, -0.25) is 9.80 Å². The van der Waals surface area contributed by atoms with Crippen molar-refractivity contribution in [1.82, 2.24) is 15.1 Å². The van der Waals surface area contributed by atoms with E-state index in [2.05, 4.69) is 21.2 Å². The van der Waals surface area contributed by atoms with Crippen LogP contribution in [0.5, 0.6) is 0 Å². The molecule has 0 bridgehead atoms. The zero-order valence-electron chi connectivity index (χ0n) is 11.2. The van der Waals surface area contributed by atoms with E-state index in [0.717, 1.165) is 24.9 Å². The molecule has 0 amide bonds. The highest BCUT2D eigenvalue weighted by molar-refractivity contribution is 5.17. The minimum absolute atomic E-state index is 0.824. The molecule has 2 fully saturated rings. The largest absolute Gasteiger partial charge is 0.468 e. The molecule has 1 N–H and O–H groups in total. The van der Waals surface area contributed by atoms with Gasteiger partial charge >= 0.3 is 0 Å². The maximum atomic E-state index is 5.52. The maximum Gasteiger partial charge on any atom is 0.122 e. The lowest BCUT2D eigenvalue weighted by Gasteiger charge is -2.34. The predicted octanol–water partition coefficient (Wildman–Crippen LogP) is 1.28. The number of hydrogen-bond donors (Lipinski definition) is 1. The van der Waals surface area contributed by atoms with Crippen molar-refractivity contribution in [3.05, 3.63) is 23.7 Å². The Morgan fingerprint density at radius 2 is 2.06 bits per heavy atom. The van der Waals surface area contributed by atoms with Gasteiger partial charge in [-0.05, 0) is 26.0 Å². The summed E-state index contributed by atoms with van der Waals surface area (Å²) < 4.78 is 5.52. The summed E-state index contributed by atoms with van der Waals surface area (Å²) in [6.07, 6.45) is 4.66. The Morgan fingerprint density at radius 1 is 1.28 bits per heavy atom. The van der Waals surface area contributed by atoms with Crippen molar-refractivity contribution >= 4 is 0 Å². The lowest BCUT2D eigenvalue weighted by Crippen LogP contribution is -2.46. The van der Waals surface area contributed by atoms with Crippen LogP contribution in [0.3, 0.4) is 0 Å². The van der Waals surface area contributed by atoms with Crippen LogP contribution in [-0.2, 0) is 13.1 Å². The van der Waals surface area contributed by atoms with Crippen LogP contribution >= 0.6 is 0 Å². The summed E-state index contributed by atoms with van der Waals surface area (Å²) in [5.74, 6) is 1.09. The first-order valence-corrected chi connectivity index (χ1v) is 7.03. The van der Waals surface area contributed by atoms with Crippen LogP contribution in [-0.4, -0.2) is 49.1 Å². The van der Waals surface area contributed by atoms with Crippen LogP contribution in [0.25, 0.3) is 0 Å². The van der Waals surface area contributed by atoms with E-state index >= 15 is 0 Å². The second-order valence-electron chi connectivity index (χ2n) is 5.44. The fraction of sp³-hybridized carbons (Fsp3) is 0.714. The molecule has 0 atom stereocenters. The van der Waals surface area contributed by atoms with Gasteiger partial charge in [-0.15, -0.1) is 0 Å². The van der Waals surface area contributed by atoms with Crippen molar-refractivity contribution in [3.63, 3.8) is 0 Å². The first kappa shape index (κ1) is 12.2. The summed E-state index contributed by atoms with van der Waals surface area (Å²) in [6, 6.07) is 3.03. The minimum atomic E-state index is 0.824. The Balaban J connectivity index is 1.52. The first-order valence-electron chi connectivity index (χ1n) is 7.03. The number of piperazine rings is 1. The van der Waals surface area contributed by atoms with Gasteiger partial charge in [0.25, 0.3) is 0 Å². The average molecular weight is 249 g/mol. The van der Waals surface area contributed by atoms with Crippen LogP contribution in [0.1, 0.15) is 24.2 Å². The summed E-state index contributed by atoms with van der Waals surface area (Å²) in [4.78, 5) is 5.20. The molecule has 4 nitrogen and oxygen atoms in total. The van der Waals surface area contributed by atoms with Gasteiger partial charge in [-0.1, -0.05) is 0 Å². The molecule has 2 aliphatic rings. The number of furan rings is 1. The molecule has 1 aromatic rings. The average Bonchev–Trinajstić information content (AvgIpc) is 3.15. The minimum Gasteiger partial charge on any atom is -0.468 e. The van der Waals surface area contributed by atoms with Crippen molar-refractivity contribution in [3.8, 4) is 0 Å². The van der Waals surface area contributed by atoms with E-state index in [-0.39, 0.29) is 0 Å². The smallest absolute Gasteiger partial charge is 0.122 e. The summed E-state index contributed by atoms with van der Waals surface area (Å²) in [5.41, 5.74) is 1.34. The third kappa shape index (κ3) is 2.76. The van der Waals surface area contributed by atoms with Crippen LogP contribution < -0.4 is 5.32 Å². The number of nitrogens with one attached hydrogen (secondary N) is 1. The van der Waals surface area contributed by atoms with E-state index in [1.165, 1.54) is 44.6 Å². The van der Waals surface area contributed by atoms with Gasteiger partial charge in [-0.2, -0.15) is 0 Å². The van der Waals surface area contributed by atoms with Gasteiger partial charge in [-0.25, -0.2) is 0 Å². The molecule has 1 aliphatic heterocycles. The van der Waals surface area contributed by atoms with E-state index in [1.807, 2.05) is 13.3 Å². The monoisotopic (exact) mass is 249 g/mol. The number of hydrogen-bond acceptors (Lipinski definition) is 4.